The molecule has 108 valence electrons. The minimum Gasteiger partial charge on any atom is -0.497 e. The second-order valence-corrected chi connectivity index (χ2v) is 5.79. The summed E-state index contributed by atoms with van der Waals surface area (Å²) >= 11 is 1.88. The van der Waals surface area contributed by atoms with Crippen LogP contribution in [0.2, 0.25) is 0 Å². The van der Waals surface area contributed by atoms with Crippen LogP contribution in [0.1, 0.15) is 25.8 Å². The first-order valence-electron chi connectivity index (χ1n) is 6.84. The van der Waals surface area contributed by atoms with E-state index in [1.807, 2.05) is 23.9 Å². The standard InChI is InChI=1S/C15H25NO2S/c1-4-13(16)10-12-6-7-14(17-3)11-15(12)18-8-9-19-5-2/h6-7,11,13H,4-5,8-10,16H2,1-3H3. The molecule has 19 heavy (non-hydrogen) atoms. The van der Waals surface area contributed by atoms with Crippen molar-refractivity contribution in [1.29, 1.82) is 0 Å². The van der Waals surface area contributed by atoms with Crippen LogP contribution in [0.15, 0.2) is 18.2 Å². The number of benzene rings is 1. The molecular weight excluding hydrogens is 258 g/mol. The van der Waals surface area contributed by atoms with Crippen molar-refractivity contribution in [1.82, 2.24) is 0 Å². The van der Waals surface area contributed by atoms with E-state index in [-0.39, 0.29) is 6.04 Å². The van der Waals surface area contributed by atoms with Gasteiger partial charge in [0.15, 0.2) is 0 Å². The van der Waals surface area contributed by atoms with Gasteiger partial charge in [0, 0.05) is 17.9 Å². The first kappa shape index (κ1) is 16.2. The molecule has 0 aliphatic heterocycles. The fraction of sp³-hybridized carbons (Fsp3) is 0.600. The molecular formula is C15H25NO2S. The molecule has 4 heteroatoms. The highest BCUT2D eigenvalue weighted by Crippen LogP contribution is 2.26. The molecule has 0 aliphatic rings. The number of hydrogen-bond acceptors (Lipinski definition) is 4. The van der Waals surface area contributed by atoms with Gasteiger partial charge in [0.05, 0.1) is 13.7 Å². The van der Waals surface area contributed by atoms with Gasteiger partial charge in [0.1, 0.15) is 11.5 Å². The van der Waals surface area contributed by atoms with Crippen LogP contribution < -0.4 is 15.2 Å². The van der Waals surface area contributed by atoms with Crippen LogP contribution >= 0.6 is 11.8 Å². The van der Waals surface area contributed by atoms with E-state index in [9.17, 15) is 0 Å². The summed E-state index contributed by atoms with van der Waals surface area (Å²) in [7, 11) is 1.67. The van der Waals surface area contributed by atoms with Crippen LogP contribution in [0, 0.1) is 0 Å². The minimum atomic E-state index is 0.181. The smallest absolute Gasteiger partial charge is 0.126 e. The number of ether oxygens (including phenoxy) is 2. The summed E-state index contributed by atoms with van der Waals surface area (Å²) in [5.41, 5.74) is 7.19. The van der Waals surface area contributed by atoms with Crippen molar-refractivity contribution in [3.8, 4) is 11.5 Å². The second kappa shape index (κ2) is 9.10. The van der Waals surface area contributed by atoms with Crippen LogP contribution in [0.4, 0.5) is 0 Å². The van der Waals surface area contributed by atoms with Crippen molar-refractivity contribution in [3.63, 3.8) is 0 Å². The fourth-order valence-electron chi connectivity index (χ4n) is 1.75. The lowest BCUT2D eigenvalue weighted by Crippen LogP contribution is -2.21. The molecule has 0 bridgehead atoms. The van der Waals surface area contributed by atoms with Crippen molar-refractivity contribution < 1.29 is 9.47 Å². The average molecular weight is 283 g/mol. The van der Waals surface area contributed by atoms with Gasteiger partial charge in [-0.05, 0) is 30.2 Å². The molecule has 1 aromatic carbocycles. The van der Waals surface area contributed by atoms with Crippen molar-refractivity contribution in [2.45, 2.75) is 32.7 Å². The highest BCUT2D eigenvalue weighted by molar-refractivity contribution is 7.99. The molecule has 0 amide bonds. The molecule has 0 saturated heterocycles. The lowest BCUT2D eigenvalue weighted by molar-refractivity contribution is 0.335. The lowest BCUT2D eigenvalue weighted by atomic mass is 10.0. The van der Waals surface area contributed by atoms with Gasteiger partial charge in [-0.25, -0.2) is 0 Å². The first-order valence-corrected chi connectivity index (χ1v) is 7.99. The third-order valence-corrected chi connectivity index (χ3v) is 3.83. The second-order valence-electron chi connectivity index (χ2n) is 4.39. The van der Waals surface area contributed by atoms with Crippen LogP contribution in [-0.4, -0.2) is 31.3 Å². The summed E-state index contributed by atoms with van der Waals surface area (Å²) in [6.07, 6.45) is 1.81. The highest BCUT2D eigenvalue weighted by Gasteiger charge is 2.09. The van der Waals surface area contributed by atoms with Gasteiger partial charge in [0.25, 0.3) is 0 Å². The Morgan fingerprint density at radius 3 is 2.74 bits per heavy atom. The van der Waals surface area contributed by atoms with Crippen molar-refractivity contribution >= 4 is 11.8 Å². The maximum atomic E-state index is 6.03. The van der Waals surface area contributed by atoms with E-state index in [1.54, 1.807) is 7.11 Å². The van der Waals surface area contributed by atoms with E-state index in [1.165, 1.54) is 0 Å². The normalized spacial score (nSPS) is 12.2. The average Bonchev–Trinajstić information content (AvgIpc) is 2.44. The third-order valence-electron chi connectivity index (χ3n) is 2.97. The first-order chi connectivity index (χ1) is 9.21. The van der Waals surface area contributed by atoms with Crippen molar-refractivity contribution in [2.24, 2.45) is 5.73 Å². The summed E-state index contributed by atoms with van der Waals surface area (Å²) in [4.78, 5) is 0. The van der Waals surface area contributed by atoms with Gasteiger partial charge in [0.2, 0.25) is 0 Å². The summed E-state index contributed by atoms with van der Waals surface area (Å²) in [6, 6.07) is 6.15. The quantitative estimate of drug-likeness (QED) is 0.707. The lowest BCUT2D eigenvalue weighted by Gasteiger charge is -2.15. The van der Waals surface area contributed by atoms with Crippen molar-refractivity contribution in [2.75, 3.05) is 25.2 Å². The van der Waals surface area contributed by atoms with Gasteiger partial charge < -0.3 is 15.2 Å². The zero-order chi connectivity index (χ0) is 14.1. The molecule has 1 rings (SSSR count). The monoisotopic (exact) mass is 283 g/mol. The molecule has 0 aliphatic carbocycles. The molecule has 0 saturated carbocycles. The molecule has 0 radical (unpaired) electrons. The highest BCUT2D eigenvalue weighted by atomic mass is 32.2. The number of rotatable bonds is 9. The van der Waals surface area contributed by atoms with Crippen LogP contribution in [-0.2, 0) is 6.42 Å². The Morgan fingerprint density at radius 2 is 2.11 bits per heavy atom. The Balaban J connectivity index is 2.71. The van der Waals surface area contributed by atoms with Crippen LogP contribution in [0.25, 0.3) is 0 Å². The zero-order valence-electron chi connectivity index (χ0n) is 12.1. The largest absolute Gasteiger partial charge is 0.497 e. The molecule has 2 N–H and O–H groups in total. The minimum absolute atomic E-state index is 0.181. The van der Waals surface area contributed by atoms with E-state index in [0.29, 0.717) is 0 Å². The summed E-state index contributed by atoms with van der Waals surface area (Å²) in [5, 5.41) is 0. The predicted octanol–water partition coefficient (Wildman–Crippen LogP) is 3.11. The van der Waals surface area contributed by atoms with Crippen molar-refractivity contribution in [3.05, 3.63) is 23.8 Å². The van der Waals surface area contributed by atoms with E-state index < -0.39 is 0 Å². The summed E-state index contributed by atoms with van der Waals surface area (Å²) in [6.45, 7) is 4.98. The Kier molecular flexibility index (Phi) is 7.75. The Labute approximate surface area is 120 Å². The van der Waals surface area contributed by atoms with Crippen LogP contribution in [0.3, 0.4) is 0 Å². The Bertz CT molecular complexity index is 371. The molecule has 1 unspecified atom stereocenters. The Morgan fingerprint density at radius 1 is 1.32 bits per heavy atom. The topological polar surface area (TPSA) is 44.5 Å². The predicted molar refractivity (Wildman–Crippen MR) is 83.5 cm³/mol. The van der Waals surface area contributed by atoms with Gasteiger partial charge in [-0.15, -0.1) is 0 Å². The number of nitrogens with two attached hydrogens (primary N) is 1. The molecule has 0 spiro atoms. The summed E-state index contributed by atoms with van der Waals surface area (Å²) in [5.74, 6) is 3.86. The summed E-state index contributed by atoms with van der Waals surface area (Å²) < 4.78 is 11.1. The number of thioether (sulfide) groups is 1. The van der Waals surface area contributed by atoms with E-state index in [4.69, 9.17) is 15.2 Å². The number of methoxy groups -OCH3 is 1. The zero-order valence-corrected chi connectivity index (χ0v) is 13.0. The maximum absolute atomic E-state index is 6.03. The van der Waals surface area contributed by atoms with E-state index in [2.05, 4.69) is 19.9 Å². The van der Waals surface area contributed by atoms with E-state index >= 15 is 0 Å². The third kappa shape index (κ3) is 5.74. The molecule has 0 heterocycles. The van der Waals surface area contributed by atoms with Gasteiger partial charge in [-0.1, -0.05) is 19.9 Å². The fourth-order valence-corrected chi connectivity index (χ4v) is 2.24. The molecule has 0 aromatic heterocycles. The molecule has 1 atom stereocenters. The number of hydrogen-bond donors (Lipinski definition) is 1. The molecule has 3 nitrogen and oxygen atoms in total. The van der Waals surface area contributed by atoms with Gasteiger partial charge in [-0.3, -0.25) is 0 Å². The maximum Gasteiger partial charge on any atom is 0.126 e. The SMILES string of the molecule is CCSCCOc1cc(OC)ccc1CC(N)CC. The molecule has 1 aromatic rings. The Hall–Kier alpha value is -0.870. The van der Waals surface area contributed by atoms with E-state index in [0.717, 1.165) is 48.0 Å². The van der Waals surface area contributed by atoms with Gasteiger partial charge >= 0.3 is 0 Å². The molecule has 0 fully saturated rings. The van der Waals surface area contributed by atoms with Gasteiger partial charge in [-0.2, -0.15) is 11.8 Å². The van der Waals surface area contributed by atoms with Crippen LogP contribution in [0.5, 0.6) is 11.5 Å².